The molecule has 0 atom stereocenters. The van der Waals surface area contributed by atoms with E-state index in [1.807, 2.05) is 36.4 Å². The summed E-state index contributed by atoms with van der Waals surface area (Å²) in [6, 6.07) is 14.9. The van der Waals surface area contributed by atoms with Crippen molar-refractivity contribution in [3.8, 4) is 17.0 Å². The van der Waals surface area contributed by atoms with Crippen molar-refractivity contribution in [1.29, 1.82) is 0 Å². The molecule has 0 N–H and O–H groups in total. The lowest BCUT2D eigenvalue weighted by molar-refractivity contribution is -0.137. The molecule has 4 heteroatoms. The summed E-state index contributed by atoms with van der Waals surface area (Å²) in [5.41, 5.74) is 2.04. The molecule has 2 aromatic rings. The number of ether oxygens (including phenoxy) is 2. The highest BCUT2D eigenvalue weighted by Crippen LogP contribution is 2.20. The number of unbranched alkanes of at least 4 members (excludes halogenated alkanes) is 9. The molecule has 1 aromatic heterocycles. The monoisotopic (exact) mass is 408 g/mol. The summed E-state index contributed by atoms with van der Waals surface area (Å²) in [4.78, 5) is 15.2. The lowest BCUT2D eigenvalue weighted by atomic mass is 10.1. The molecule has 0 fully saturated rings. The van der Waals surface area contributed by atoms with Crippen LogP contribution in [0.5, 0.6) is 5.75 Å². The van der Waals surface area contributed by atoms with Crippen LogP contribution < -0.4 is 4.74 Å². The summed E-state index contributed by atoms with van der Waals surface area (Å²) >= 11 is 0. The smallest absolute Gasteiger partial charge is 0.330 e. The Bertz CT molecular complexity index is 713. The zero-order valence-corrected chi connectivity index (χ0v) is 18.0. The van der Waals surface area contributed by atoms with Crippen LogP contribution in [0.15, 0.2) is 55.3 Å². The van der Waals surface area contributed by atoms with E-state index in [0.717, 1.165) is 42.9 Å². The number of benzene rings is 1. The van der Waals surface area contributed by atoms with Gasteiger partial charge in [0, 0.05) is 23.9 Å². The first-order valence-corrected chi connectivity index (χ1v) is 11.1. The highest BCUT2D eigenvalue weighted by Gasteiger charge is 2.00. The Kier molecular flexibility index (Phi) is 12.0. The summed E-state index contributed by atoms with van der Waals surface area (Å²) in [5, 5.41) is 0. The van der Waals surface area contributed by atoms with E-state index in [1.165, 1.54) is 51.0 Å². The first kappa shape index (κ1) is 23.7. The molecule has 0 aliphatic rings. The third kappa shape index (κ3) is 10.2. The summed E-state index contributed by atoms with van der Waals surface area (Å²) in [6.07, 6.45) is 15.0. The van der Waals surface area contributed by atoms with Crippen molar-refractivity contribution in [2.75, 3.05) is 13.2 Å². The second kappa shape index (κ2) is 15.3. The highest BCUT2D eigenvalue weighted by atomic mass is 16.5. The first-order valence-electron chi connectivity index (χ1n) is 11.1. The Balaban J connectivity index is 1.39. The van der Waals surface area contributed by atoms with Crippen LogP contribution in [-0.4, -0.2) is 24.2 Å². The van der Waals surface area contributed by atoms with Gasteiger partial charge < -0.3 is 9.47 Å². The molecule has 0 saturated carbocycles. The third-order valence-electron chi connectivity index (χ3n) is 4.98. The topological polar surface area (TPSA) is 48.4 Å². The van der Waals surface area contributed by atoms with Gasteiger partial charge in [0.15, 0.2) is 0 Å². The van der Waals surface area contributed by atoms with Gasteiger partial charge in [-0.25, -0.2) is 4.79 Å². The molecular weight excluding hydrogens is 374 g/mol. The number of pyridine rings is 1. The van der Waals surface area contributed by atoms with E-state index in [0.29, 0.717) is 6.61 Å². The van der Waals surface area contributed by atoms with E-state index in [2.05, 4.69) is 17.6 Å². The molecule has 1 heterocycles. The minimum Gasteiger partial charge on any atom is -0.494 e. The molecule has 0 spiro atoms. The van der Waals surface area contributed by atoms with E-state index in [4.69, 9.17) is 9.47 Å². The van der Waals surface area contributed by atoms with Crippen molar-refractivity contribution < 1.29 is 14.3 Å². The van der Waals surface area contributed by atoms with Crippen LogP contribution in [0.25, 0.3) is 11.3 Å². The van der Waals surface area contributed by atoms with Crippen molar-refractivity contribution in [2.45, 2.75) is 64.2 Å². The molecule has 0 unspecified atom stereocenters. The van der Waals surface area contributed by atoms with E-state index in [-0.39, 0.29) is 5.97 Å². The van der Waals surface area contributed by atoms with Crippen LogP contribution in [0, 0.1) is 6.07 Å². The van der Waals surface area contributed by atoms with E-state index < -0.39 is 0 Å². The fourth-order valence-corrected chi connectivity index (χ4v) is 3.25. The average molecular weight is 409 g/mol. The maximum absolute atomic E-state index is 10.9. The van der Waals surface area contributed by atoms with Crippen molar-refractivity contribution in [2.24, 2.45) is 0 Å². The summed E-state index contributed by atoms with van der Waals surface area (Å²) in [5.74, 6) is 0.596. The third-order valence-corrected chi connectivity index (χ3v) is 4.98. The van der Waals surface area contributed by atoms with Crippen molar-refractivity contribution >= 4 is 5.97 Å². The highest BCUT2D eigenvalue weighted by molar-refractivity contribution is 5.81. The van der Waals surface area contributed by atoms with E-state index >= 15 is 0 Å². The zero-order valence-electron chi connectivity index (χ0n) is 18.0. The molecule has 0 aliphatic heterocycles. The van der Waals surface area contributed by atoms with Gasteiger partial charge >= 0.3 is 5.97 Å². The normalized spacial score (nSPS) is 10.5. The lowest BCUT2D eigenvalue weighted by Gasteiger charge is -2.07. The van der Waals surface area contributed by atoms with Crippen molar-refractivity contribution in [1.82, 2.24) is 4.98 Å². The largest absolute Gasteiger partial charge is 0.494 e. The molecule has 30 heavy (non-hydrogen) atoms. The van der Waals surface area contributed by atoms with Gasteiger partial charge in [0.25, 0.3) is 0 Å². The molecular formula is C26H34NO3. The maximum atomic E-state index is 10.9. The Morgan fingerprint density at radius 2 is 1.47 bits per heavy atom. The summed E-state index contributed by atoms with van der Waals surface area (Å²) in [6.45, 7) is 4.67. The number of nitrogens with zero attached hydrogens (tertiary/aromatic N) is 1. The second-order valence-corrected chi connectivity index (χ2v) is 7.42. The lowest BCUT2D eigenvalue weighted by Crippen LogP contribution is -2.01. The van der Waals surface area contributed by atoms with Crippen LogP contribution in [0.4, 0.5) is 0 Å². The Hall–Kier alpha value is -2.62. The quantitative estimate of drug-likeness (QED) is 0.179. The van der Waals surface area contributed by atoms with Crippen LogP contribution in [-0.2, 0) is 9.53 Å². The number of hydrogen-bond donors (Lipinski definition) is 0. The van der Waals surface area contributed by atoms with E-state index in [9.17, 15) is 4.79 Å². The Labute approximate surface area is 181 Å². The molecule has 0 saturated heterocycles. The van der Waals surface area contributed by atoms with Crippen molar-refractivity contribution in [3.05, 3.63) is 61.3 Å². The number of rotatable bonds is 16. The Morgan fingerprint density at radius 3 is 2.03 bits per heavy atom. The minimum absolute atomic E-state index is 0.321. The number of hydrogen-bond acceptors (Lipinski definition) is 4. The summed E-state index contributed by atoms with van der Waals surface area (Å²) in [7, 11) is 0. The summed E-state index contributed by atoms with van der Waals surface area (Å²) < 4.78 is 10.8. The van der Waals surface area contributed by atoms with Crippen LogP contribution in [0.2, 0.25) is 0 Å². The van der Waals surface area contributed by atoms with Gasteiger partial charge in [0.05, 0.1) is 18.9 Å². The molecule has 0 aliphatic carbocycles. The minimum atomic E-state index is -0.321. The van der Waals surface area contributed by atoms with Crippen LogP contribution in [0.3, 0.4) is 0 Å². The fraction of sp³-hybridized carbons (Fsp3) is 0.462. The average Bonchev–Trinajstić information content (AvgIpc) is 2.80. The van der Waals surface area contributed by atoms with Gasteiger partial charge in [-0.3, -0.25) is 4.98 Å². The van der Waals surface area contributed by atoms with Gasteiger partial charge in [0.2, 0.25) is 0 Å². The molecule has 2 rings (SSSR count). The fourth-order valence-electron chi connectivity index (χ4n) is 3.25. The van der Waals surface area contributed by atoms with Gasteiger partial charge in [0.1, 0.15) is 5.75 Å². The SMILES string of the molecule is C=CC(=O)OCCCCCCCCCCCCOc1ccc(-c2cc[c]cn2)cc1. The van der Waals surface area contributed by atoms with Gasteiger partial charge in [-0.2, -0.15) is 0 Å². The molecule has 4 nitrogen and oxygen atoms in total. The molecule has 1 aromatic carbocycles. The predicted octanol–water partition coefficient (Wildman–Crippen LogP) is 6.56. The molecule has 161 valence electrons. The molecule has 0 bridgehead atoms. The number of carbonyl (C=O) groups is 1. The Morgan fingerprint density at radius 1 is 0.867 bits per heavy atom. The molecule has 0 amide bonds. The standard InChI is InChI=1S/C26H34NO3/c1-2-26(28)30-22-14-10-8-6-4-3-5-7-9-13-21-29-24-18-16-23(17-19-24)25-15-11-12-20-27-25/h2,11,15-20H,1,3-10,13-14,21-22H2. The number of esters is 1. The molecule has 1 radical (unpaired) electrons. The first-order chi connectivity index (χ1) is 14.8. The predicted molar refractivity (Wildman–Crippen MR) is 121 cm³/mol. The van der Waals surface area contributed by atoms with Gasteiger partial charge in [-0.1, -0.05) is 64.0 Å². The maximum Gasteiger partial charge on any atom is 0.330 e. The van der Waals surface area contributed by atoms with Crippen LogP contribution >= 0.6 is 0 Å². The second-order valence-electron chi connectivity index (χ2n) is 7.42. The zero-order chi connectivity index (χ0) is 21.3. The van der Waals surface area contributed by atoms with Crippen LogP contribution in [0.1, 0.15) is 64.2 Å². The number of aromatic nitrogens is 1. The van der Waals surface area contributed by atoms with Crippen molar-refractivity contribution in [3.63, 3.8) is 0 Å². The van der Waals surface area contributed by atoms with Gasteiger partial charge in [-0.05, 0) is 43.2 Å². The van der Waals surface area contributed by atoms with Gasteiger partial charge in [-0.15, -0.1) is 0 Å². The van der Waals surface area contributed by atoms with E-state index in [1.54, 1.807) is 6.20 Å². The number of carbonyl (C=O) groups excluding carboxylic acids is 1.